The number of aliphatic hydroxyl groups is 1. The van der Waals surface area contributed by atoms with E-state index >= 15 is 0 Å². The standard InChI is InChI=1S/C26H23Cl2N3O5S/c27-17-10-29-11-18(28)21(17)22-16(23(36-31-22)13-1-2-13)12-35-15-5-7-26(34,8-6-15)25-30-19-4-3-14(24(32)33)9-20(19)37-25/h3-4,9-11,13,15,34H,1-2,5-8,12H2,(H,32,33). The van der Waals surface area contributed by atoms with Crippen LogP contribution in [-0.4, -0.2) is 37.4 Å². The molecule has 0 bridgehead atoms. The lowest BCUT2D eigenvalue weighted by atomic mass is 9.83. The molecule has 2 saturated carbocycles. The van der Waals surface area contributed by atoms with Crippen molar-refractivity contribution in [2.75, 3.05) is 0 Å². The van der Waals surface area contributed by atoms with Crippen molar-refractivity contribution in [2.24, 2.45) is 0 Å². The van der Waals surface area contributed by atoms with Crippen LogP contribution in [0.15, 0.2) is 35.1 Å². The SMILES string of the molecule is O=C(O)c1ccc2nc(C3(O)CCC(OCc4c(-c5c(Cl)cncc5Cl)noc4C4CC4)CC3)sc2c1. The lowest BCUT2D eigenvalue weighted by Crippen LogP contribution is -2.34. The number of nitrogens with zero attached hydrogens (tertiary/aromatic N) is 3. The smallest absolute Gasteiger partial charge is 0.335 e. The number of hydrogen-bond acceptors (Lipinski definition) is 8. The fourth-order valence-corrected chi connectivity index (χ4v) is 6.56. The van der Waals surface area contributed by atoms with Gasteiger partial charge in [0.05, 0.1) is 38.5 Å². The van der Waals surface area contributed by atoms with E-state index in [2.05, 4.69) is 15.1 Å². The van der Waals surface area contributed by atoms with E-state index < -0.39 is 11.6 Å². The Balaban J connectivity index is 1.17. The Hall–Kier alpha value is -2.56. The normalized spacial score (nSPS) is 22.0. The summed E-state index contributed by atoms with van der Waals surface area (Å²) in [6.45, 7) is 0.307. The Kier molecular flexibility index (Phi) is 6.45. The van der Waals surface area contributed by atoms with Gasteiger partial charge < -0.3 is 19.5 Å². The number of hydrogen-bond donors (Lipinski definition) is 2. The van der Waals surface area contributed by atoms with Crippen LogP contribution in [0.3, 0.4) is 0 Å². The highest BCUT2D eigenvalue weighted by molar-refractivity contribution is 7.18. The number of aromatic carboxylic acids is 1. The van der Waals surface area contributed by atoms with Crippen molar-refractivity contribution in [2.45, 2.75) is 62.8 Å². The summed E-state index contributed by atoms with van der Waals surface area (Å²) in [6.07, 6.45) is 7.42. The van der Waals surface area contributed by atoms with Crippen LogP contribution < -0.4 is 0 Å². The number of carbonyl (C=O) groups is 1. The quantitative estimate of drug-likeness (QED) is 0.260. The number of pyridine rings is 1. The van der Waals surface area contributed by atoms with Crippen LogP contribution in [0.4, 0.5) is 0 Å². The third-order valence-electron chi connectivity index (χ3n) is 7.11. The first-order valence-corrected chi connectivity index (χ1v) is 13.7. The second-order valence-corrected chi connectivity index (χ2v) is 11.5. The second-order valence-electron chi connectivity index (χ2n) is 9.68. The van der Waals surface area contributed by atoms with Crippen LogP contribution in [0.2, 0.25) is 10.0 Å². The number of halogens is 2. The van der Waals surface area contributed by atoms with E-state index in [0.717, 1.165) is 28.9 Å². The monoisotopic (exact) mass is 559 g/mol. The molecule has 2 aliphatic rings. The summed E-state index contributed by atoms with van der Waals surface area (Å²) in [4.78, 5) is 19.9. The third-order valence-corrected chi connectivity index (χ3v) is 8.90. The zero-order valence-corrected chi connectivity index (χ0v) is 21.9. The summed E-state index contributed by atoms with van der Waals surface area (Å²) in [6, 6.07) is 4.82. The summed E-state index contributed by atoms with van der Waals surface area (Å²) in [5, 5.41) is 26.4. The van der Waals surface area contributed by atoms with Crippen LogP contribution in [0, 0.1) is 0 Å². The van der Waals surface area contributed by atoms with Gasteiger partial charge in [0.1, 0.15) is 22.1 Å². The lowest BCUT2D eigenvalue weighted by Gasteiger charge is -2.34. The van der Waals surface area contributed by atoms with Crippen LogP contribution in [0.1, 0.15) is 71.1 Å². The zero-order valence-electron chi connectivity index (χ0n) is 19.6. The molecule has 0 saturated heterocycles. The minimum Gasteiger partial charge on any atom is -0.478 e. The molecule has 0 spiro atoms. The summed E-state index contributed by atoms with van der Waals surface area (Å²) < 4.78 is 12.8. The predicted octanol–water partition coefficient (Wildman–Crippen LogP) is 6.58. The first-order chi connectivity index (χ1) is 17.8. The molecule has 3 heterocycles. The number of aromatic nitrogens is 3. The van der Waals surface area contributed by atoms with Gasteiger partial charge in [0.15, 0.2) is 0 Å². The Morgan fingerprint density at radius 3 is 2.57 bits per heavy atom. The third kappa shape index (κ3) is 4.75. The van der Waals surface area contributed by atoms with E-state index in [1.165, 1.54) is 29.8 Å². The molecule has 8 nitrogen and oxygen atoms in total. The average Bonchev–Trinajstić information content (AvgIpc) is 3.49. The molecule has 0 unspecified atom stereocenters. The highest BCUT2D eigenvalue weighted by atomic mass is 35.5. The first kappa shape index (κ1) is 24.8. The number of carboxylic acids is 1. The summed E-state index contributed by atoms with van der Waals surface area (Å²) in [7, 11) is 0. The van der Waals surface area contributed by atoms with Gasteiger partial charge in [-0.25, -0.2) is 9.78 Å². The van der Waals surface area contributed by atoms with Gasteiger partial charge >= 0.3 is 5.97 Å². The van der Waals surface area contributed by atoms with E-state index in [1.807, 2.05) is 0 Å². The molecule has 0 amide bonds. The number of carboxylic acid groups (broad SMARTS) is 1. The van der Waals surface area contributed by atoms with Gasteiger partial charge in [-0.1, -0.05) is 28.4 Å². The van der Waals surface area contributed by atoms with Gasteiger partial charge in [-0.15, -0.1) is 11.3 Å². The molecule has 0 aliphatic heterocycles. The highest BCUT2D eigenvalue weighted by Crippen LogP contribution is 2.47. The van der Waals surface area contributed by atoms with Gasteiger partial charge in [-0.3, -0.25) is 4.98 Å². The number of fused-ring (bicyclic) bond motifs is 1. The Labute approximate surface area is 226 Å². The molecule has 2 aliphatic carbocycles. The largest absolute Gasteiger partial charge is 0.478 e. The van der Waals surface area contributed by atoms with Crippen molar-refractivity contribution in [1.29, 1.82) is 0 Å². The summed E-state index contributed by atoms with van der Waals surface area (Å²) in [5.41, 5.74) is 1.87. The van der Waals surface area contributed by atoms with Crippen molar-refractivity contribution in [3.63, 3.8) is 0 Å². The molecular formula is C26H23Cl2N3O5S. The predicted molar refractivity (Wildman–Crippen MR) is 139 cm³/mol. The number of benzene rings is 1. The van der Waals surface area contributed by atoms with Gasteiger partial charge in [0.25, 0.3) is 0 Å². The molecule has 2 N–H and O–H groups in total. The van der Waals surface area contributed by atoms with E-state index in [4.69, 9.17) is 32.5 Å². The van der Waals surface area contributed by atoms with Crippen molar-refractivity contribution in [1.82, 2.24) is 15.1 Å². The van der Waals surface area contributed by atoms with Gasteiger partial charge in [0, 0.05) is 29.4 Å². The van der Waals surface area contributed by atoms with Crippen molar-refractivity contribution in [3.8, 4) is 11.3 Å². The number of thiazole rings is 1. The number of rotatable bonds is 7. The molecule has 0 atom stereocenters. The summed E-state index contributed by atoms with van der Waals surface area (Å²) in [5.74, 6) is 0.167. The molecule has 2 fully saturated rings. The Bertz CT molecular complexity index is 1470. The van der Waals surface area contributed by atoms with E-state index in [9.17, 15) is 15.0 Å². The second kappa shape index (κ2) is 9.63. The van der Waals surface area contributed by atoms with Crippen LogP contribution in [0.25, 0.3) is 21.5 Å². The maximum Gasteiger partial charge on any atom is 0.335 e. The number of ether oxygens (including phenoxy) is 1. The molecule has 1 aromatic carbocycles. The zero-order chi connectivity index (χ0) is 25.7. The molecule has 37 heavy (non-hydrogen) atoms. The van der Waals surface area contributed by atoms with Crippen LogP contribution >= 0.6 is 34.5 Å². The minimum absolute atomic E-state index is 0.0496. The molecule has 4 aromatic rings. The Morgan fingerprint density at radius 1 is 1.16 bits per heavy atom. The molecule has 6 rings (SSSR count). The molecule has 3 aromatic heterocycles. The highest BCUT2D eigenvalue weighted by Gasteiger charge is 2.39. The van der Waals surface area contributed by atoms with E-state index in [-0.39, 0.29) is 11.7 Å². The fraction of sp³-hybridized carbons (Fsp3) is 0.385. The maximum absolute atomic E-state index is 11.4. The molecule has 192 valence electrons. The van der Waals surface area contributed by atoms with Crippen molar-refractivity contribution in [3.05, 3.63) is 62.5 Å². The first-order valence-electron chi connectivity index (χ1n) is 12.1. The van der Waals surface area contributed by atoms with Crippen LogP contribution in [-0.2, 0) is 16.9 Å². The average molecular weight is 560 g/mol. The summed E-state index contributed by atoms with van der Waals surface area (Å²) >= 11 is 14.1. The maximum atomic E-state index is 11.4. The topological polar surface area (TPSA) is 119 Å². The van der Waals surface area contributed by atoms with Crippen molar-refractivity contribution >= 4 is 50.7 Å². The Morgan fingerprint density at radius 2 is 1.89 bits per heavy atom. The lowest BCUT2D eigenvalue weighted by molar-refractivity contribution is -0.0640. The van der Waals surface area contributed by atoms with E-state index in [1.54, 1.807) is 12.1 Å². The molecule has 11 heteroatoms. The molecular weight excluding hydrogens is 537 g/mol. The minimum atomic E-state index is -1.06. The van der Waals surface area contributed by atoms with Gasteiger partial charge in [-0.2, -0.15) is 0 Å². The van der Waals surface area contributed by atoms with Gasteiger partial charge in [0.2, 0.25) is 0 Å². The van der Waals surface area contributed by atoms with E-state index in [0.29, 0.717) is 70.0 Å². The van der Waals surface area contributed by atoms with Gasteiger partial charge in [-0.05, 0) is 56.7 Å². The van der Waals surface area contributed by atoms with Crippen LogP contribution in [0.5, 0.6) is 0 Å². The van der Waals surface area contributed by atoms with Crippen molar-refractivity contribution < 1.29 is 24.3 Å². The fourth-order valence-electron chi connectivity index (χ4n) is 4.87. The molecule has 0 radical (unpaired) electrons.